The Kier molecular flexibility index (Phi) is 13.2. The zero-order valence-electron chi connectivity index (χ0n) is 12.8. The number of hydrogen-bond acceptors (Lipinski definition) is 7. The minimum Gasteiger partial charge on any atom is -0.748 e. The Morgan fingerprint density at radius 2 is 1.57 bits per heavy atom. The Hall–Kier alpha value is 0.277. The molecule has 0 unspecified atom stereocenters. The van der Waals surface area contributed by atoms with Gasteiger partial charge in [-0.2, -0.15) is 0 Å². The molecule has 0 radical (unpaired) electrons. The molecule has 0 aliphatic heterocycles. The molecule has 2 amide bonds. The van der Waals surface area contributed by atoms with Gasteiger partial charge in [-0.15, -0.1) is 0 Å². The van der Waals surface area contributed by atoms with Gasteiger partial charge in [0.1, 0.15) is 0 Å². The molecule has 0 heterocycles. The van der Waals surface area contributed by atoms with Gasteiger partial charge < -0.3 is 28.5 Å². The van der Waals surface area contributed by atoms with Gasteiger partial charge in [0.05, 0.1) is 15.9 Å². The summed E-state index contributed by atoms with van der Waals surface area (Å²) in [5.74, 6) is -0.631. The molecule has 0 bridgehead atoms. The first-order chi connectivity index (χ1) is 9.28. The molecule has 0 aromatic carbocycles. The molecule has 0 rings (SSSR count). The third kappa shape index (κ3) is 11.5. The molecule has 120 valence electrons. The van der Waals surface area contributed by atoms with E-state index in [1.807, 2.05) is 0 Å². The third-order valence-electron chi connectivity index (χ3n) is 2.52. The van der Waals surface area contributed by atoms with E-state index in [9.17, 15) is 17.8 Å². The first-order valence-electron chi connectivity index (χ1n) is 5.89. The normalized spacial score (nSPS) is 11.6. The van der Waals surface area contributed by atoms with Crippen molar-refractivity contribution < 1.29 is 60.6 Å². The summed E-state index contributed by atoms with van der Waals surface area (Å²) in [6.07, 6.45) is 0.578. The minimum atomic E-state index is -4.31. The summed E-state index contributed by atoms with van der Waals surface area (Å²) in [6.45, 7) is 0.130. The maximum absolute atomic E-state index is 11.3. The Bertz CT molecular complexity index is 383. The van der Waals surface area contributed by atoms with E-state index in [0.717, 1.165) is 0 Å². The quantitative estimate of drug-likeness (QED) is 0.234. The van der Waals surface area contributed by atoms with E-state index in [0.29, 0.717) is 19.0 Å². The van der Waals surface area contributed by atoms with Crippen molar-refractivity contribution in [3.8, 4) is 0 Å². The summed E-state index contributed by atoms with van der Waals surface area (Å²) in [4.78, 5) is 11.3. The van der Waals surface area contributed by atoms with Gasteiger partial charge in [0, 0.05) is 40.5 Å². The van der Waals surface area contributed by atoms with E-state index in [1.54, 1.807) is 0 Å². The first kappa shape index (κ1) is 23.5. The Labute approximate surface area is 148 Å². The topological polar surface area (TPSA) is 126 Å². The van der Waals surface area contributed by atoms with Crippen LogP contribution in [-0.2, 0) is 23.4 Å². The van der Waals surface area contributed by atoms with Crippen molar-refractivity contribution in [1.82, 2.24) is 10.6 Å². The molecule has 0 fully saturated rings. The van der Waals surface area contributed by atoms with Crippen LogP contribution in [0.25, 0.3) is 0 Å². The number of carbonyl (C=O) groups excluding carboxylic acids is 1. The maximum atomic E-state index is 11.3. The maximum Gasteiger partial charge on any atom is 1.00 e. The van der Waals surface area contributed by atoms with Crippen LogP contribution in [0.3, 0.4) is 0 Å². The van der Waals surface area contributed by atoms with Crippen molar-refractivity contribution in [3.05, 3.63) is 0 Å². The Morgan fingerprint density at radius 1 is 1.10 bits per heavy atom. The number of hydrogen-bond donors (Lipinski definition) is 2. The first-order valence-corrected chi connectivity index (χ1v) is 9.40. The third-order valence-corrected chi connectivity index (χ3v) is 6.05. The molecular weight excluding hydrogens is 331 g/mol. The fraction of sp³-hybridized carbons (Fsp3) is 0.889. The van der Waals surface area contributed by atoms with Crippen LogP contribution in [0.4, 0.5) is 4.79 Å². The summed E-state index contributed by atoms with van der Waals surface area (Å²) >= 11 is 0. The predicted octanol–water partition coefficient (Wildman–Crippen LogP) is -3.90. The Morgan fingerprint density at radius 3 is 2.00 bits per heavy atom. The van der Waals surface area contributed by atoms with Crippen LogP contribution < -0.4 is 40.2 Å². The monoisotopic (exact) mass is 352 g/mol. The van der Waals surface area contributed by atoms with Gasteiger partial charge in [0.2, 0.25) is 0 Å². The second-order valence-electron chi connectivity index (χ2n) is 3.84. The minimum absolute atomic E-state index is 0. The van der Waals surface area contributed by atoms with E-state index in [2.05, 4.69) is 10.6 Å². The van der Waals surface area contributed by atoms with Gasteiger partial charge in [0.15, 0.2) is 0 Å². The van der Waals surface area contributed by atoms with E-state index < -0.39 is 30.7 Å². The van der Waals surface area contributed by atoms with Crippen LogP contribution in [0.1, 0.15) is 6.42 Å². The number of amides is 2. The average Bonchev–Trinajstić information content (AvgIpc) is 2.38. The average molecular weight is 352 g/mol. The van der Waals surface area contributed by atoms with Crippen molar-refractivity contribution in [2.24, 2.45) is 0 Å². The van der Waals surface area contributed by atoms with Crippen LogP contribution in [0.15, 0.2) is 0 Å². The van der Waals surface area contributed by atoms with Crippen LogP contribution in [-0.4, -0.2) is 68.0 Å². The molecule has 0 aromatic rings. The zero-order valence-corrected chi connectivity index (χ0v) is 16.6. The fourth-order valence-corrected chi connectivity index (χ4v) is 3.49. The van der Waals surface area contributed by atoms with Gasteiger partial charge in [-0.1, -0.05) is 0 Å². The van der Waals surface area contributed by atoms with Crippen molar-refractivity contribution in [1.29, 1.82) is 0 Å². The van der Waals surface area contributed by atoms with Gasteiger partial charge in [-0.3, -0.25) is 0 Å². The predicted molar refractivity (Wildman–Crippen MR) is 72.2 cm³/mol. The van der Waals surface area contributed by atoms with Gasteiger partial charge in [-0.05, 0) is 6.42 Å². The number of rotatable bonds is 10. The van der Waals surface area contributed by atoms with Crippen LogP contribution >= 0.6 is 0 Å². The summed E-state index contributed by atoms with van der Waals surface area (Å²) < 4.78 is 46.6. The van der Waals surface area contributed by atoms with Crippen LogP contribution in [0, 0.1) is 0 Å². The summed E-state index contributed by atoms with van der Waals surface area (Å²) in [5, 5.41) is 4.79. The van der Waals surface area contributed by atoms with Gasteiger partial charge in [-0.25, -0.2) is 13.2 Å². The molecule has 2 N–H and O–H groups in total. The molecule has 0 spiro atoms. The van der Waals surface area contributed by atoms with E-state index in [4.69, 9.17) is 13.3 Å². The van der Waals surface area contributed by atoms with Gasteiger partial charge in [0.25, 0.3) is 0 Å². The van der Waals surface area contributed by atoms with E-state index in [1.165, 1.54) is 21.3 Å². The molecular formula is C9H21N2NaO7SSi. The largest absolute Gasteiger partial charge is 1.00 e. The molecule has 21 heavy (non-hydrogen) atoms. The smallest absolute Gasteiger partial charge is 0.748 e. The van der Waals surface area contributed by atoms with Crippen LogP contribution in [0.5, 0.6) is 0 Å². The molecule has 0 aliphatic rings. The van der Waals surface area contributed by atoms with E-state index >= 15 is 0 Å². The molecule has 12 heteroatoms. The molecule has 9 nitrogen and oxygen atoms in total. The van der Waals surface area contributed by atoms with Crippen LogP contribution in [0.2, 0.25) is 6.04 Å². The molecule has 0 aromatic heterocycles. The van der Waals surface area contributed by atoms with Gasteiger partial charge >= 0.3 is 44.4 Å². The standard InChI is InChI=1S/C9H22N2O7SSi.Na/c1-16-20(17-2,18-3)8-4-5-10-9(12)11-6-7-19(13,14)15;/h4-8H2,1-3H3,(H2,10,11,12)(H,13,14,15);/q;+1/p-1. The fourth-order valence-electron chi connectivity index (χ4n) is 1.42. The molecule has 0 aliphatic carbocycles. The number of carbonyl (C=O) groups is 1. The number of urea groups is 1. The van der Waals surface area contributed by atoms with Crippen molar-refractivity contribution >= 4 is 25.0 Å². The zero-order chi connectivity index (χ0) is 15.6. The number of nitrogens with one attached hydrogen (secondary N) is 2. The molecule has 0 saturated heterocycles. The SMILES string of the molecule is CO[Si](CCCNC(=O)NCCS(=O)(=O)[O-])(OC)OC.[Na+]. The second kappa shape index (κ2) is 11.8. The Balaban J connectivity index is 0. The summed E-state index contributed by atoms with van der Waals surface area (Å²) in [5.41, 5.74) is 0. The summed E-state index contributed by atoms with van der Waals surface area (Å²) in [6, 6.07) is -0.000653. The van der Waals surface area contributed by atoms with E-state index in [-0.39, 0.29) is 36.1 Å². The van der Waals surface area contributed by atoms with Crippen molar-refractivity contribution in [2.45, 2.75) is 12.5 Å². The second-order valence-corrected chi connectivity index (χ2v) is 8.46. The molecule has 0 saturated carbocycles. The van der Waals surface area contributed by atoms with Crippen molar-refractivity contribution in [2.75, 3.05) is 40.2 Å². The van der Waals surface area contributed by atoms with Crippen molar-refractivity contribution in [3.63, 3.8) is 0 Å². The summed E-state index contributed by atoms with van der Waals surface area (Å²) in [7, 11) is -2.43. The molecule has 0 atom stereocenters.